The highest BCUT2D eigenvalue weighted by molar-refractivity contribution is 6.35. The van der Waals surface area contributed by atoms with Gasteiger partial charge in [0.15, 0.2) is 0 Å². The van der Waals surface area contributed by atoms with Crippen LogP contribution in [-0.4, -0.2) is 45.6 Å². The van der Waals surface area contributed by atoms with E-state index in [9.17, 15) is 9.59 Å². The van der Waals surface area contributed by atoms with E-state index in [0.717, 1.165) is 48.3 Å². The van der Waals surface area contributed by atoms with Crippen molar-refractivity contribution in [2.24, 2.45) is 5.92 Å². The first kappa shape index (κ1) is 24.6. The van der Waals surface area contributed by atoms with E-state index in [4.69, 9.17) is 23.2 Å². The molecule has 1 aliphatic rings. The topological polar surface area (TPSA) is 67.2 Å². The van der Waals surface area contributed by atoms with Gasteiger partial charge in [0.25, 0.3) is 0 Å². The summed E-state index contributed by atoms with van der Waals surface area (Å²) in [5.41, 5.74) is 3.31. The summed E-state index contributed by atoms with van der Waals surface area (Å²) in [6.45, 7) is 9.36. The summed E-state index contributed by atoms with van der Waals surface area (Å²) in [6.07, 6.45) is 3.58. The van der Waals surface area contributed by atoms with E-state index < -0.39 is 0 Å². The van der Waals surface area contributed by atoms with Gasteiger partial charge in [-0.3, -0.25) is 9.59 Å². The number of halogens is 2. The molecular formula is C24H32Cl2N4O2. The standard InChI is InChI=1S/C24H32Cl2N4O2/c1-5-17(6-2)24(32)29-11-9-19(10-12-29)27-23(31)14-20-15(3)28-30(16(20)4)22-8-7-18(25)13-21(22)26/h7-8,13,17,19H,5-6,9-12,14H2,1-4H3,(H,27,31). The minimum Gasteiger partial charge on any atom is -0.353 e. The smallest absolute Gasteiger partial charge is 0.225 e. The normalized spacial score (nSPS) is 14.8. The number of carbonyl (C=O) groups excluding carboxylic acids is 2. The molecule has 3 rings (SSSR count). The number of benzene rings is 1. The maximum absolute atomic E-state index is 12.8. The van der Waals surface area contributed by atoms with Gasteiger partial charge in [-0.2, -0.15) is 5.10 Å². The Bertz CT molecular complexity index is 977. The molecule has 0 unspecified atom stereocenters. The minimum absolute atomic E-state index is 0.0253. The molecule has 0 bridgehead atoms. The lowest BCUT2D eigenvalue weighted by Gasteiger charge is -2.34. The fraction of sp³-hybridized carbons (Fsp3) is 0.542. The Labute approximate surface area is 200 Å². The van der Waals surface area contributed by atoms with E-state index in [1.54, 1.807) is 16.8 Å². The van der Waals surface area contributed by atoms with E-state index in [-0.39, 0.29) is 30.2 Å². The first-order valence-corrected chi connectivity index (χ1v) is 12.1. The number of aromatic nitrogens is 2. The summed E-state index contributed by atoms with van der Waals surface area (Å²) in [5.74, 6) is 0.333. The molecule has 1 aliphatic heterocycles. The third-order valence-electron chi connectivity index (χ3n) is 6.42. The Morgan fingerprint density at radius 2 is 1.81 bits per heavy atom. The van der Waals surface area contributed by atoms with Gasteiger partial charge in [-0.25, -0.2) is 4.68 Å². The number of hydrogen-bond acceptors (Lipinski definition) is 3. The molecule has 8 heteroatoms. The first-order valence-electron chi connectivity index (χ1n) is 11.3. The van der Waals surface area contributed by atoms with Crippen molar-refractivity contribution in [1.82, 2.24) is 20.0 Å². The number of rotatable bonds is 7. The lowest BCUT2D eigenvalue weighted by Crippen LogP contribution is -2.48. The molecule has 1 N–H and O–H groups in total. The van der Waals surface area contributed by atoms with Crippen LogP contribution in [0.1, 0.15) is 56.5 Å². The fourth-order valence-corrected chi connectivity index (χ4v) is 4.89. The summed E-state index contributed by atoms with van der Waals surface area (Å²) >= 11 is 12.4. The van der Waals surface area contributed by atoms with Crippen molar-refractivity contribution in [3.05, 3.63) is 45.2 Å². The van der Waals surface area contributed by atoms with Crippen molar-refractivity contribution in [3.63, 3.8) is 0 Å². The molecule has 2 heterocycles. The number of carbonyl (C=O) groups is 2. The average Bonchev–Trinajstić information content (AvgIpc) is 3.03. The van der Waals surface area contributed by atoms with Crippen molar-refractivity contribution < 1.29 is 9.59 Å². The van der Waals surface area contributed by atoms with Crippen molar-refractivity contribution in [2.75, 3.05) is 13.1 Å². The summed E-state index contributed by atoms with van der Waals surface area (Å²) < 4.78 is 1.76. The quantitative estimate of drug-likeness (QED) is 0.616. The summed E-state index contributed by atoms with van der Waals surface area (Å²) in [4.78, 5) is 27.3. The van der Waals surface area contributed by atoms with Crippen molar-refractivity contribution >= 4 is 35.0 Å². The molecule has 0 spiro atoms. The number of nitrogens with zero attached hydrogens (tertiary/aromatic N) is 3. The van der Waals surface area contributed by atoms with Crippen LogP contribution in [0.2, 0.25) is 10.0 Å². The molecule has 6 nitrogen and oxygen atoms in total. The maximum Gasteiger partial charge on any atom is 0.225 e. The molecule has 1 saturated heterocycles. The van der Waals surface area contributed by atoms with E-state index in [2.05, 4.69) is 24.3 Å². The number of nitrogens with one attached hydrogen (secondary N) is 1. The van der Waals surface area contributed by atoms with Crippen LogP contribution in [0.5, 0.6) is 0 Å². The molecule has 0 saturated carbocycles. The van der Waals surface area contributed by atoms with Crippen molar-refractivity contribution in [2.45, 2.75) is 65.8 Å². The lowest BCUT2D eigenvalue weighted by atomic mass is 9.98. The summed E-state index contributed by atoms with van der Waals surface area (Å²) in [5, 5.41) is 8.82. The van der Waals surface area contributed by atoms with Crippen molar-refractivity contribution in [1.29, 1.82) is 0 Å². The van der Waals surface area contributed by atoms with Crippen LogP contribution in [0.4, 0.5) is 0 Å². The molecule has 0 aliphatic carbocycles. The second-order valence-electron chi connectivity index (χ2n) is 8.51. The van der Waals surface area contributed by atoms with Crippen LogP contribution >= 0.6 is 23.2 Å². The average molecular weight is 479 g/mol. The number of piperidine rings is 1. The highest BCUT2D eigenvalue weighted by atomic mass is 35.5. The predicted molar refractivity (Wildman–Crippen MR) is 129 cm³/mol. The molecule has 1 fully saturated rings. The van der Waals surface area contributed by atoms with Crippen molar-refractivity contribution in [3.8, 4) is 5.69 Å². The number of hydrogen-bond donors (Lipinski definition) is 1. The van der Waals surface area contributed by atoms with Gasteiger partial charge >= 0.3 is 0 Å². The van der Waals surface area contributed by atoms with Crippen LogP contribution in [0.3, 0.4) is 0 Å². The van der Waals surface area contributed by atoms with Crippen LogP contribution in [0.15, 0.2) is 18.2 Å². The number of likely N-dealkylation sites (tertiary alicyclic amines) is 1. The van der Waals surface area contributed by atoms with E-state index >= 15 is 0 Å². The molecule has 0 radical (unpaired) electrons. The molecule has 174 valence electrons. The maximum atomic E-state index is 12.8. The Morgan fingerprint density at radius 3 is 2.41 bits per heavy atom. The fourth-order valence-electron chi connectivity index (χ4n) is 4.40. The van der Waals surface area contributed by atoms with Crippen LogP contribution in [0.25, 0.3) is 5.69 Å². The highest BCUT2D eigenvalue weighted by Gasteiger charge is 2.27. The third-order valence-corrected chi connectivity index (χ3v) is 6.96. The van der Waals surface area contributed by atoms with Crippen LogP contribution in [0, 0.1) is 19.8 Å². The molecule has 2 aromatic rings. The van der Waals surface area contributed by atoms with Gasteiger partial charge in [-0.1, -0.05) is 37.0 Å². The SMILES string of the molecule is CCC(CC)C(=O)N1CCC(NC(=O)Cc2c(C)nn(-c3ccc(Cl)cc3Cl)c2C)CC1. The zero-order valence-corrected chi connectivity index (χ0v) is 20.8. The Kier molecular flexibility index (Phi) is 8.23. The summed E-state index contributed by atoms with van der Waals surface area (Å²) in [6, 6.07) is 5.37. The Hall–Kier alpha value is -2.05. The van der Waals surface area contributed by atoms with E-state index in [1.807, 2.05) is 24.8 Å². The van der Waals surface area contributed by atoms with Gasteiger partial charge < -0.3 is 10.2 Å². The minimum atomic E-state index is -0.0253. The molecular weight excluding hydrogens is 447 g/mol. The highest BCUT2D eigenvalue weighted by Crippen LogP contribution is 2.27. The Balaban J connectivity index is 1.60. The zero-order valence-electron chi connectivity index (χ0n) is 19.3. The Morgan fingerprint density at radius 1 is 1.16 bits per heavy atom. The number of amides is 2. The monoisotopic (exact) mass is 478 g/mol. The second kappa shape index (κ2) is 10.7. The molecule has 0 atom stereocenters. The molecule has 1 aromatic carbocycles. The van der Waals surface area contributed by atoms with E-state index in [0.29, 0.717) is 23.1 Å². The van der Waals surface area contributed by atoms with Gasteiger partial charge in [-0.05, 0) is 57.7 Å². The van der Waals surface area contributed by atoms with Crippen LogP contribution in [-0.2, 0) is 16.0 Å². The lowest BCUT2D eigenvalue weighted by molar-refractivity contribution is -0.137. The van der Waals surface area contributed by atoms with E-state index in [1.165, 1.54) is 0 Å². The van der Waals surface area contributed by atoms with Gasteiger partial charge in [0.05, 0.1) is 22.8 Å². The van der Waals surface area contributed by atoms with Gasteiger partial charge in [0.2, 0.25) is 11.8 Å². The van der Waals surface area contributed by atoms with Gasteiger partial charge in [-0.15, -0.1) is 0 Å². The van der Waals surface area contributed by atoms with Crippen LogP contribution < -0.4 is 5.32 Å². The largest absolute Gasteiger partial charge is 0.353 e. The van der Waals surface area contributed by atoms with Gasteiger partial charge in [0.1, 0.15) is 0 Å². The molecule has 32 heavy (non-hydrogen) atoms. The zero-order chi connectivity index (χ0) is 23.4. The summed E-state index contributed by atoms with van der Waals surface area (Å²) in [7, 11) is 0. The van der Waals surface area contributed by atoms with Gasteiger partial charge in [0, 0.05) is 41.3 Å². The first-order chi connectivity index (χ1) is 15.2. The number of aryl methyl sites for hydroxylation is 1. The predicted octanol–water partition coefficient (Wildman–Crippen LogP) is 4.88. The third kappa shape index (κ3) is 5.46. The second-order valence-corrected chi connectivity index (χ2v) is 9.36. The molecule has 1 aromatic heterocycles. The molecule has 2 amide bonds.